The van der Waals surface area contributed by atoms with Gasteiger partial charge in [-0.15, -0.1) is 0 Å². The van der Waals surface area contributed by atoms with Crippen LogP contribution in [0.5, 0.6) is 0 Å². The van der Waals surface area contributed by atoms with Gasteiger partial charge in [0.2, 0.25) is 0 Å². The fourth-order valence-corrected chi connectivity index (χ4v) is 1.69. The van der Waals surface area contributed by atoms with Gasteiger partial charge in [-0.05, 0) is 18.1 Å². The maximum absolute atomic E-state index is 6.14. The Labute approximate surface area is 114 Å². The summed E-state index contributed by atoms with van der Waals surface area (Å²) in [7, 11) is 0. The van der Waals surface area contributed by atoms with Crippen LogP contribution in [0, 0.1) is 0 Å². The molecule has 1 atom stereocenters. The summed E-state index contributed by atoms with van der Waals surface area (Å²) < 4.78 is 4.71. The molecule has 3 nitrogen and oxygen atoms in total. The lowest BCUT2D eigenvalue weighted by Gasteiger charge is -2.25. The number of benzene rings is 2. The Morgan fingerprint density at radius 3 is 1.47 bits per heavy atom. The van der Waals surface area contributed by atoms with Gasteiger partial charge in [0.15, 0.2) is 0 Å². The molecule has 3 heteroatoms. The summed E-state index contributed by atoms with van der Waals surface area (Å²) in [6.45, 7) is 3.04. The third kappa shape index (κ3) is 3.89. The Morgan fingerprint density at radius 1 is 0.895 bits per heavy atom. The molecule has 3 rings (SSSR count). The van der Waals surface area contributed by atoms with E-state index in [1.54, 1.807) is 0 Å². The van der Waals surface area contributed by atoms with Gasteiger partial charge in [-0.2, -0.15) is 0 Å². The Morgan fingerprint density at radius 2 is 1.21 bits per heavy atom. The predicted octanol–water partition coefficient (Wildman–Crippen LogP) is 2.21. The van der Waals surface area contributed by atoms with E-state index < -0.39 is 5.66 Å². The molecule has 0 bridgehead atoms. The number of hydrogen-bond donors (Lipinski definition) is 2. The summed E-state index contributed by atoms with van der Waals surface area (Å²) in [6, 6.07) is 19.4. The van der Waals surface area contributed by atoms with Gasteiger partial charge in [0.25, 0.3) is 0 Å². The molecule has 0 saturated carbocycles. The first-order chi connectivity index (χ1) is 9.10. The molecule has 2 aromatic rings. The molecule has 100 valence electrons. The summed E-state index contributed by atoms with van der Waals surface area (Å²) in [5.41, 5.74) is 13.2. The molecule has 1 unspecified atom stereocenters. The highest BCUT2D eigenvalue weighted by molar-refractivity contribution is 5.35. The molecule has 1 heterocycles. The summed E-state index contributed by atoms with van der Waals surface area (Å²) in [5.74, 6) is 0. The van der Waals surface area contributed by atoms with Crippen molar-refractivity contribution in [1.82, 2.24) is 0 Å². The first-order valence-electron chi connectivity index (χ1n) is 6.41. The average Bonchev–Trinajstić information content (AvgIpc) is 3.24. The van der Waals surface area contributed by atoms with E-state index in [0.717, 1.165) is 17.7 Å². The monoisotopic (exact) mass is 256 g/mol. The standard InChI is InChI=1S/C13H14N2.C3H6O/c14-13(15,11-7-3-1-4-8-11)12-9-5-2-6-10-12;1-3-2-4-3/h1-10H,14-15H2;3H,2H2,1H3. The van der Waals surface area contributed by atoms with Gasteiger partial charge in [-0.3, -0.25) is 0 Å². The van der Waals surface area contributed by atoms with Crippen molar-refractivity contribution in [3.63, 3.8) is 0 Å². The zero-order valence-corrected chi connectivity index (χ0v) is 11.1. The minimum atomic E-state index is -0.914. The zero-order valence-electron chi connectivity index (χ0n) is 11.1. The van der Waals surface area contributed by atoms with Crippen LogP contribution in [0.1, 0.15) is 18.1 Å². The van der Waals surface area contributed by atoms with E-state index in [-0.39, 0.29) is 0 Å². The van der Waals surface area contributed by atoms with Gasteiger partial charge < -0.3 is 16.2 Å². The third-order valence-corrected chi connectivity index (χ3v) is 3.00. The van der Waals surface area contributed by atoms with E-state index in [1.807, 2.05) is 60.7 Å². The van der Waals surface area contributed by atoms with Crippen LogP contribution >= 0.6 is 0 Å². The van der Waals surface area contributed by atoms with Crippen LogP contribution in [0.4, 0.5) is 0 Å². The van der Waals surface area contributed by atoms with Gasteiger partial charge in [-0.1, -0.05) is 60.7 Å². The molecular weight excluding hydrogens is 236 g/mol. The molecule has 0 amide bonds. The highest BCUT2D eigenvalue weighted by Gasteiger charge is 2.23. The number of epoxide rings is 1. The van der Waals surface area contributed by atoms with E-state index in [9.17, 15) is 0 Å². The Balaban J connectivity index is 0.000000284. The summed E-state index contributed by atoms with van der Waals surface area (Å²) in [6.07, 6.45) is 0.583. The van der Waals surface area contributed by atoms with Crippen molar-refractivity contribution in [1.29, 1.82) is 0 Å². The first-order valence-corrected chi connectivity index (χ1v) is 6.41. The predicted molar refractivity (Wildman–Crippen MR) is 77.5 cm³/mol. The van der Waals surface area contributed by atoms with Crippen LogP contribution in [0.3, 0.4) is 0 Å². The first kappa shape index (κ1) is 13.7. The molecule has 1 aliphatic rings. The van der Waals surface area contributed by atoms with E-state index in [4.69, 9.17) is 16.2 Å². The third-order valence-electron chi connectivity index (χ3n) is 3.00. The average molecular weight is 256 g/mol. The maximum Gasteiger partial charge on any atom is 0.116 e. The van der Waals surface area contributed by atoms with Gasteiger partial charge in [0.1, 0.15) is 5.66 Å². The lowest BCUT2D eigenvalue weighted by molar-refractivity contribution is 0.423. The minimum Gasteiger partial charge on any atom is -0.373 e. The minimum absolute atomic E-state index is 0.583. The second-order valence-corrected chi connectivity index (χ2v) is 4.75. The molecule has 2 aromatic carbocycles. The summed E-state index contributed by atoms with van der Waals surface area (Å²) >= 11 is 0. The lowest BCUT2D eigenvalue weighted by Crippen LogP contribution is -2.46. The number of nitrogens with two attached hydrogens (primary N) is 2. The van der Waals surface area contributed by atoms with Crippen molar-refractivity contribution in [3.8, 4) is 0 Å². The highest BCUT2D eigenvalue weighted by atomic mass is 16.6. The van der Waals surface area contributed by atoms with E-state index in [0.29, 0.717) is 6.10 Å². The molecule has 19 heavy (non-hydrogen) atoms. The lowest BCUT2D eigenvalue weighted by atomic mass is 9.93. The van der Waals surface area contributed by atoms with Gasteiger partial charge in [-0.25, -0.2) is 0 Å². The van der Waals surface area contributed by atoms with Crippen LogP contribution in [0.15, 0.2) is 60.7 Å². The molecule has 0 spiro atoms. The second-order valence-electron chi connectivity index (χ2n) is 4.75. The smallest absolute Gasteiger partial charge is 0.116 e. The largest absolute Gasteiger partial charge is 0.373 e. The van der Waals surface area contributed by atoms with E-state index in [1.165, 1.54) is 0 Å². The SMILES string of the molecule is CC1CO1.NC(N)(c1ccccc1)c1ccccc1. The van der Waals surface area contributed by atoms with Crippen molar-refractivity contribution >= 4 is 0 Å². The van der Waals surface area contributed by atoms with Crippen molar-refractivity contribution in [2.45, 2.75) is 18.7 Å². The zero-order chi connectivity index (χ0) is 13.7. The number of ether oxygens (including phenoxy) is 1. The van der Waals surface area contributed by atoms with E-state index in [2.05, 4.69) is 6.92 Å². The molecule has 0 aromatic heterocycles. The number of hydrogen-bond acceptors (Lipinski definition) is 3. The quantitative estimate of drug-likeness (QED) is 0.639. The Hall–Kier alpha value is -1.68. The van der Waals surface area contributed by atoms with Gasteiger partial charge in [0, 0.05) is 0 Å². The molecule has 0 radical (unpaired) electrons. The van der Waals surface area contributed by atoms with Crippen LogP contribution in [-0.2, 0) is 10.4 Å². The highest BCUT2D eigenvalue weighted by Crippen LogP contribution is 2.20. The normalized spacial score (nSPS) is 17.3. The topological polar surface area (TPSA) is 64.6 Å². The summed E-state index contributed by atoms with van der Waals surface area (Å²) in [5, 5.41) is 0. The van der Waals surface area contributed by atoms with Crippen molar-refractivity contribution < 1.29 is 4.74 Å². The molecule has 1 fully saturated rings. The Bertz CT molecular complexity index is 451. The Kier molecular flexibility index (Phi) is 4.32. The van der Waals surface area contributed by atoms with E-state index >= 15 is 0 Å². The van der Waals surface area contributed by atoms with Crippen LogP contribution in [-0.4, -0.2) is 12.7 Å². The maximum atomic E-state index is 6.14. The molecule has 1 aliphatic heterocycles. The van der Waals surface area contributed by atoms with Gasteiger partial charge >= 0.3 is 0 Å². The van der Waals surface area contributed by atoms with Crippen molar-refractivity contribution in [2.24, 2.45) is 11.5 Å². The fraction of sp³-hybridized carbons (Fsp3) is 0.250. The number of rotatable bonds is 2. The van der Waals surface area contributed by atoms with Gasteiger partial charge in [0.05, 0.1) is 12.7 Å². The van der Waals surface area contributed by atoms with Crippen LogP contribution in [0.2, 0.25) is 0 Å². The second kappa shape index (κ2) is 5.97. The molecule has 0 aliphatic carbocycles. The van der Waals surface area contributed by atoms with Crippen LogP contribution < -0.4 is 11.5 Å². The fourth-order valence-electron chi connectivity index (χ4n) is 1.69. The van der Waals surface area contributed by atoms with Crippen molar-refractivity contribution in [3.05, 3.63) is 71.8 Å². The molecular formula is C16H20N2O. The molecule has 1 saturated heterocycles. The van der Waals surface area contributed by atoms with Crippen molar-refractivity contribution in [2.75, 3.05) is 6.61 Å². The van der Waals surface area contributed by atoms with Crippen LogP contribution in [0.25, 0.3) is 0 Å². The molecule has 4 N–H and O–H groups in total. The summed E-state index contributed by atoms with van der Waals surface area (Å²) in [4.78, 5) is 0.